The van der Waals surface area contributed by atoms with Gasteiger partial charge in [0, 0.05) is 0 Å². The molecule has 0 atom stereocenters. The van der Waals surface area contributed by atoms with Gasteiger partial charge in [0.05, 0.1) is 0 Å². The van der Waals surface area contributed by atoms with Crippen molar-refractivity contribution in [3.05, 3.63) is 0 Å². The zero-order valence-corrected chi connectivity index (χ0v) is 21.7. The fraction of sp³-hybridized carbons (Fsp3) is 1.00. The largest absolute Gasteiger partial charge is 0.0654 e. The van der Waals surface area contributed by atoms with Crippen LogP contribution in [0.3, 0.4) is 0 Å². The van der Waals surface area contributed by atoms with Crippen molar-refractivity contribution in [3.63, 3.8) is 0 Å². The van der Waals surface area contributed by atoms with E-state index in [-0.39, 0.29) is 0 Å². The molecule has 0 unspecified atom stereocenters. The minimum Gasteiger partial charge on any atom is -0.0654 e. The first-order chi connectivity index (χ1) is 15.3. The fourth-order valence-corrected chi connectivity index (χ4v) is 7.96. The molecule has 0 saturated heterocycles. The molecule has 0 aromatic carbocycles. The quantitative estimate of drug-likeness (QED) is 0.255. The molecule has 0 amide bonds. The van der Waals surface area contributed by atoms with E-state index in [9.17, 15) is 0 Å². The molecule has 0 bridgehead atoms. The Labute approximate surface area is 197 Å². The summed E-state index contributed by atoms with van der Waals surface area (Å²) in [4.78, 5) is 0. The van der Waals surface area contributed by atoms with Crippen molar-refractivity contribution in [2.75, 3.05) is 0 Å². The molecule has 0 aromatic heterocycles. The van der Waals surface area contributed by atoms with E-state index in [1.54, 1.807) is 83.5 Å². The van der Waals surface area contributed by atoms with Gasteiger partial charge in [0.1, 0.15) is 0 Å². The standard InChI is InChI=1S/C31H58/c1-3-5-6-7-8-9-10-11-13-27-16-20-29(21-17-27)31-24-22-30(23-25-31)28-18-14-26(12-4-2)15-19-28/h26-31H,3-25H2,1-2H3. The van der Waals surface area contributed by atoms with Gasteiger partial charge >= 0.3 is 0 Å². The molecule has 0 heteroatoms. The van der Waals surface area contributed by atoms with Crippen molar-refractivity contribution in [2.45, 2.75) is 162 Å². The lowest BCUT2D eigenvalue weighted by atomic mass is 9.64. The SMILES string of the molecule is CCCCCCCCCCC1CCC(C2CCC(C3CCC(CCC)CC3)CC2)CC1. The van der Waals surface area contributed by atoms with Crippen molar-refractivity contribution in [2.24, 2.45) is 35.5 Å². The van der Waals surface area contributed by atoms with Crippen LogP contribution in [0.1, 0.15) is 162 Å². The molecule has 0 spiro atoms. The lowest BCUT2D eigenvalue weighted by Crippen LogP contribution is -2.29. The second-order valence-corrected chi connectivity index (χ2v) is 12.3. The van der Waals surface area contributed by atoms with Crippen LogP contribution in [0, 0.1) is 35.5 Å². The molecule has 0 aliphatic heterocycles. The second kappa shape index (κ2) is 15.0. The first-order valence-electron chi connectivity index (χ1n) is 15.3. The Morgan fingerprint density at radius 1 is 0.355 bits per heavy atom. The smallest absolute Gasteiger partial charge is 0.0386 e. The maximum atomic E-state index is 2.37. The van der Waals surface area contributed by atoms with Gasteiger partial charge < -0.3 is 0 Å². The Morgan fingerprint density at radius 2 is 0.710 bits per heavy atom. The zero-order chi connectivity index (χ0) is 21.7. The third-order valence-electron chi connectivity index (χ3n) is 10.1. The van der Waals surface area contributed by atoms with Crippen LogP contribution in [0.15, 0.2) is 0 Å². The van der Waals surface area contributed by atoms with Crippen LogP contribution in [0.25, 0.3) is 0 Å². The summed E-state index contributed by atoms with van der Waals surface area (Å²) in [7, 11) is 0. The second-order valence-electron chi connectivity index (χ2n) is 12.3. The maximum absolute atomic E-state index is 2.37. The predicted molar refractivity (Wildman–Crippen MR) is 138 cm³/mol. The highest BCUT2D eigenvalue weighted by Crippen LogP contribution is 2.46. The summed E-state index contributed by atoms with van der Waals surface area (Å²) in [5.74, 6) is 6.60. The van der Waals surface area contributed by atoms with Gasteiger partial charge in [0.25, 0.3) is 0 Å². The van der Waals surface area contributed by atoms with Crippen LogP contribution in [0.5, 0.6) is 0 Å². The maximum Gasteiger partial charge on any atom is -0.0386 e. The Kier molecular flexibility index (Phi) is 12.4. The predicted octanol–water partition coefficient (Wildman–Crippen LogP) is 10.7. The third kappa shape index (κ3) is 9.04. The minimum atomic E-state index is 1.08. The van der Waals surface area contributed by atoms with E-state index in [0.29, 0.717) is 0 Å². The van der Waals surface area contributed by atoms with Gasteiger partial charge in [-0.05, 0) is 86.9 Å². The first kappa shape index (κ1) is 25.6. The summed E-state index contributed by atoms with van der Waals surface area (Å²) in [5.41, 5.74) is 0. The topological polar surface area (TPSA) is 0 Å². The molecule has 0 nitrogen and oxygen atoms in total. The van der Waals surface area contributed by atoms with Crippen molar-refractivity contribution in [1.82, 2.24) is 0 Å². The van der Waals surface area contributed by atoms with Crippen LogP contribution >= 0.6 is 0 Å². The van der Waals surface area contributed by atoms with Crippen LogP contribution in [-0.2, 0) is 0 Å². The first-order valence-corrected chi connectivity index (χ1v) is 15.3. The molecule has 0 heterocycles. The van der Waals surface area contributed by atoms with Crippen molar-refractivity contribution < 1.29 is 0 Å². The molecular formula is C31H58. The average Bonchev–Trinajstić information content (AvgIpc) is 2.82. The molecule has 182 valence electrons. The molecule has 3 aliphatic rings. The molecule has 0 N–H and O–H groups in total. The summed E-state index contributed by atoms with van der Waals surface area (Å²) >= 11 is 0. The molecule has 0 radical (unpaired) electrons. The van der Waals surface area contributed by atoms with Gasteiger partial charge in [-0.1, -0.05) is 110 Å². The van der Waals surface area contributed by atoms with Crippen molar-refractivity contribution in [3.8, 4) is 0 Å². The normalized spacial score (nSPS) is 34.6. The van der Waals surface area contributed by atoms with E-state index < -0.39 is 0 Å². The van der Waals surface area contributed by atoms with Gasteiger partial charge in [-0.25, -0.2) is 0 Å². The number of rotatable bonds is 13. The molecular weight excluding hydrogens is 372 g/mol. The van der Waals surface area contributed by atoms with Crippen LogP contribution in [-0.4, -0.2) is 0 Å². The van der Waals surface area contributed by atoms with Crippen LogP contribution < -0.4 is 0 Å². The van der Waals surface area contributed by atoms with E-state index in [1.807, 2.05) is 0 Å². The molecule has 3 fully saturated rings. The Morgan fingerprint density at radius 3 is 1.13 bits per heavy atom. The summed E-state index contributed by atoms with van der Waals surface area (Å²) in [6, 6.07) is 0. The zero-order valence-electron chi connectivity index (χ0n) is 21.7. The van der Waals surface area contributed by atoms with Gasteiger partial charge in [0.2, 0.25) is 0 Å². The number of unbranched alkanes of at least 4 members (excludes halogenated alkanes) is 7. The van der Waals surface area contributed by atoms with Crippen molar-refractivity contribution >= 4 is 0 Å². The number of hydrogen-bond donors (Lipinski definition) is 0. The van der Waals surface area contributed by atoms with E-state index in [2.05, 4.69) is 13.8 Å². The summed E-state index contributed by atoms with van der Waals surface area (Å²) in [6.45, 7) is 4.69. The molecule has 0 aromatic rings. The molecule has 31 heavy (non-hydrogen) atoms. The van der Waals surface area contributed by atoms with Gasteiger partial charge in [-0.15, -0.1) is 0 Å². The monoisotopic (exact) mass is 430 g/mol. The highest BCUT2D eigenvalue weighted by atomic mass is 14.4. The van der Waals surface area contributed by atoms with Gasteiger partial charge in [-0.3, -0.25) is 0 Å². The average molecular weight is 431 g/mol. The van der Waals surface area contributed by atoms with Crippen molar-refractivity contribution in [1.29, 1.82) is 0 Å². The lowest BCUT2D eigenvalue weighted by molar-refractivity contribution is 0.102. The Balaban J connectivity index is 1.21. The number of hydrogen-bond acceptors (Lipinski definition) is 0. The molecule has 3 aliphatic carbocycles. The highest BCUT2D eigenvalue weighted by molar-refractivity contribution is 4.85. The minimum absolute atomic E-state index is 1.08. The van der Waals surface area contributed by atoms with Crippen LogP contribution in [0.4, 0.5) is 0 Å². The summed E-state index contributed by atoms with van der Waals surface area (Å²) < 4.78 is 0. The Hall–Kier alpha value is 0. The highest BCUT2D eigenvalue weighted by Gasteiger charge is 2.34. The third-order valence-corrected chi connectivity index (χ3v) is 10.1. The fourth-order valence-electron chi connectivity index (χ4n) is 7.96. The van der Waals surface area contributed by atoms with Crippen LogP contribution in [0.2, 0.25) is 0 Å². The lowest BCUT2D eigenvalue weighted by Gasteiger charge is -2.41. The van der Waals surface area contributed by atoms with Gasteiger partial charge in [0.15, 0.2) is 0 Å². The molecule has 3 saturated carbocycles. The van der Waals surface area contributed by atoms with E-state index in [1.165, 1.54) is 64.2 Å². The van der Waals surface area contributed by atoms with E-state index in [4.69, 9.17) is 0 Å². The van der Waals surface area contributed by atoms with E-state index in [0.717, 1.165) is 35.5 Å². The summed E-state index contributed by atoms with van der Waals surface area (Å²) in [5, 5.41) is 0. The molecule has 3 rings (SSSR count). The Bertz CT molecular complexity index is 415. The van der Waals surface area contributed by atoms with Gasteiger partial charge in [-0.2, -0.15) is 0 Å². The van der Waals surface area contributed by atoms with E-state index >= 15 is 0 Å². The summed E-state index contributed by atoms with van der Waals surface area (Å²) in [6.07, 6.45) is 35.2.